The van der Waals surface area contributed by atoms with E-state index >= 15 is 0 Å². The number of nitroso groups, excluding NO2 is 1. The van der Waals surface area contributed by atoms with Crippen molar-refractivity contribution in [2.75, 3.05) is 6.26 Å². The van der Waals surface area contributed by atoms with Crippen LogP contribution in [-0.4, -0.2) is 6.26 Å². The predicted molar refractivity (Wildman–Crippen MR) is 64.5 cm³/mol. The molecule has 0 spiro atoms. The summed E-state index contributed by atoms with van der Waals surface area (Å²) in [6.07, 6.45) is 3.03. The number of thioether (sulfide) groups is 1. The number of allylic oxidation sites excluding steroid dienone is 2. The van der Waals surface area contributed by atoms with Crippen LogP contribution in [0.3, 0.4) is 0 Å². The molecule has 1 heterocycles. The lowest BCUT2D eigenvalue weighted by molar-refractivity contribution is 1.12. The molecular weight excluding hydrogens is 222 g/mol. The Bertz CT molecular complexity index is 283. The molecule has 0 fully saturated rings. The molecule has 0 bridgehead atoms. The van der Waals surface area contributed by atoms with Crippen LogP contribution in [0, 0.1) is 4.91 Å². The molecule has 13 heavy (non-hydrogen) atoms. The van der Waals surface area contributed by atoms with Crippen LogP contribution < -0.4 is 0 Å². The van der Waals surface area contributed by atoms with E-state index in [1.165, 1.54) is 9.81 Å². The first-order valence-corrected chi connectivity index (χ1v) is 7.28. The Hall–Kier alpha value is 0.130. The van der Waals surface area contributed by atoms with E-state index in [9.17, 15) is 4.91 Å². The maximum absolute atomic E-state index is 10.4. The van der Waals surface area contributed by atoms with Gasteiger partial charge in [0, 0.05) is 4.91 Å². The predicted octanol–water partition coefficient (Wildman–Crippen LogP) is 4.36. The van der Waals surface area contributed by atoms with Gasteiger partial charge in [0.1, 0.15) is 0 Å². The van der Waals surface area contributed by atoms with Gasteiger partial charge < -0.3 is 0 Å². The fraction of sp³-hybridized carbons (Fsp3) is 0.500. The lowest BCUT2D eigenvalue weighted by Crippen LogP contribution is -1.83. The third kappa shape index (κ3) is 2.33. The van der Waals surface area contributed by atoms with Gasteiger partial charge >= 0.3 is 0 Å². The zero-order valence-electron chi connectivity index (χ0n) is 7.79. The van der Waals surface area contributed by atoms with E-state index in [2.05, 4.69) is 18.4 Å². The summed E-state index contributed by atoms with van der Waals surface area (Å²) < 4.78 is 1.31. The minimum Gasteiger partial charge on any atom is -0.145 e. The molecular formula is C8H11NOS3. The van der Waals surface area contributed by atoms with Gasteiger partial charge in [0.05, 0.1) is 9.93 Å². The zero-order chi connectivity index (χ0) is 9.84. The van der Waals surface area contributed by atoms with Crippen molar-refractivity contribution in [1.29, 1.82) is 0 Å². The minimum absolute atomic E-state index is 0.610. The summed E-state index contributed by atoms with van der Waals surface area (Å²) in [6, 6.07) is 0. The van der Waals surface area contributed by atoms with Crippen LogP contribution in [0.15, 0.2) is 25.6 Å². The molecule has 0 aromatic carbocycles. The molecule has 0 aromatic rings. The van der Waals surface area contributed by atoms with E-state index in [1.807, 2.05) is 0 Å². The van der Waals surface area contributed by atoms with E-state index < -0.39 is 0 Å². The first kappa shape index (κ1) is 11.2. The number of hydrogen-bond donors (Lipinski definition) is 0. The Balaban J connectivity index is 3.06. The first-order chi connectivity index (χ1) is 6.24. The molecule has 1 aliphatic heterocycles. The molecule has 72 valence electrons. The standard InChI is InChI=1S/C8H11NOS3/c1-4-6-7(5(2)9-10)12-13-8(6)11-3/h4H2,1-3H3/b7-5-. The maximum atomic E-state index is 10.4. The summed E-state index contributed by atoms with van der Waals surface area (Å²) >= 11 is 1.74. The molecule has 0 saturated heterocycles. The van der Waals surface area contributed by atoms with Gasteiger partial charge in [0.15, 0.2) is 0 Å². The molecule has 0 unspecified atom stereocenters. The molecule has 0 aliphatic carbocycles. The quantitative estimate of drug-likeness (QED) is 0.535. The van der Waals surface area contributed by atoms with Crippen LogP contribution in [0.2, 0.25) is 0 Å². The highest BCUT2D eigenvalue weighted by Crippen LogP contribution is 2.55. The van der Waals surface area contributed by atoms with Gasteiger partial charge in [-0.15, -0.1) is 16.7 Å². The molecule has 1 aliphatic rings. The Morgan fingerprint density at radius 1 is 1.54 bits per heavy atom. The Kier molecular flexibility index (Phi) is 4.41. The van der Waals surface area contributed by atoms with Gasteiger partial charge in [-0.05, 0) is 51.9 Å². The highest BCUT2D eigenvalue weighted by molar-refractivity contribution is 8.82. The summed E-state index contributed by atoms with van der Waals surface area (Å²) in [4.78, 5) is 11.5. The second kappa shape index (κ2) is 5.12. The molecule has 1 rings (SSSR count). The van der Waals surface area contributed by atoms with Crippen LogP contribution in [0.1, 0.15) is 20.3 Å². The van der Waals surface area contributed by atoms with E-state index in [1.54, 1.807) is 40.3 Å². The van der Waals surface area contributed by atoms with Crippen LogP contribution in [0.5, 0.6) is 0 Å². The van der Waals surface area contributed by atoms with Gasteiger partial charge in [0.25, 0.3) is 0 Å². The van der Waals surface area contributed by atoms with Crippen LogP contribution in [0.4, 0.5) is 0 Å². The maximum Gasteiger partial charge on any atom is 0.0965 e. The average Bonchev–Trinajstić information content (AvgIpc) is 2.58. The molecule has 0 saturated carbocycles. The Morgan fingerprint density at radius 3 is 2.69 bits per heavy atom. The summed E-state index contributed by atoms with van der Waals surface area (Å²) in [5.74, 6) is 0. The monoisotopic (exact) mass is 233 g/mol. The van der Waals surface area contributed by atoms with Crippen molar-refractivity contribution < 1.29 is 0 Å². The Labute approximate surface area is 90.4 Å². The second-order valence-corrected chi connectivity index (χ2v) is 5.72. The van der Waals surface area contributed by atoms with Crippen molar-refractivity contribution in [1.82, 2.24) is 0 Å². The van der Waals surface area contributed by atoms with E-state index in [0.29, 0.717) is 5.70 Å². The smallest absolute Gasteiger partial charge is 0.0965 e. The van der Waals surface area contributed by atoms with Crippen molar-refractivity contribution >= 4 is 33.3 Å². The molecule has 0 aromatic heterocycles. The van der Waals surface area contributed by atoms with Crippen molar-refractivity contribution in [3.63, 3.8) is 0 Å². The van der Waals surface area contributed by atoms with Crippen LogP contribution in [0.25, 0.3) is 0 Å². The van der Waals surface area contributed by atoms with Crippen molar-refractivity contribution in [2.45, 2.75) is 20.3 Å². The second-order valence-electron chi connectivity index (χ2n) is 2.50. The van der Waals surface area contributed by atoms with Gasteiger partial charge in [-0.2, -0.15) is 0 Å². The third-order valence-corrected chi connectivity index (χ3v) is 5.85. The highest BCUT2D eigenvalue weighted by atomic mass is 33.1. The number of hydrogen-bond acceptors (Lipinski definition) is 5. The van der Waals surface area contributed by atoms with Gasteiger partial charge in [-0.1, -0.05) is 6.92 Å². The van der Waals surface area contributed by atoms with E-state index in [0.717, 1.165) is 11.3 Å². The molecule has 0 amide bonds. The molecule has 0 atom stereocenters. The molecule has 5 heteroatoms. The summed E-state index contributed by atoms with van der Waals surface area (Å²) in [5, 5.41) is 2.99. The number of nitrogens with zero attached hydrogens (tertiary/aromatic N) is 1. The summed E-state index contributed by atoms with van der Waals surface area (Å²) in [6.45, 7) is 3.88. The summed E-state index contributed by atoms with van der Waals surface area (Å²) in [5.41, 5.74) is 1.89. The SMILES string of the molecule is CCC1=C(SC)SS/C1=C(/C)N=O. The fourth-order valence-electron chi connectivity index (χ4n) is 1.06. The van der Waals surface area contributed by atoms with Crippen molar-refractivity contribution in [3.8, 4) is 0 Å². The van der Waals surface area contributed by atoms with Gasteiger partial charge in [-0.3, -0.25) is 0 Å². The van der Waals surface area contributed by atoms with Crippen LogP contribution >= 0.6 is 33.3 Å². The average molecular weight is 233 g/mol. The topological polar surface area (TPSA) is 29.4 Å². The largest absolute Gasteiger partial charge is 0.145 e. The number of rotatable bonds is 3. The van der Waals surface area contributed by atoms with Crippen molar-refractivity contribution in [3.05, 3.63) is 25.3 Å². The first-order valence-electron chi connectivity index (χ1n) is 3.90. The molecule has 2 nitrogen and oxygen atoms in total. The Morgan fingerprint density at radius 2 is 2.23 bits per heavy atom. The van der Waals surface area contributed by atoms with E-state index in [-0.39, 0.29) is 0 Å². The van der Waals surface area contributed by atoms with Gasteiger partial charge in [-0.25, -0.2) is 0 Å². The van der Waals surface area contributed by atoms with E-state index in [4.69, 9.17) is 0 Å². The summed E-state index contributed by atoms with van der Waals surface area (Å²) in [7, 11) is 3.38. The van der Waals surface area contributed by atoms with Gasteiger partial charge in [0.2, 0.25) is 0 Å². The molecule has 0 radical (unpaired) electrons. The lowest BCUT2D eigenvalue weighted by Gasteiger charge is -2.01. The molecule has 0 N–H and O–H groups in total. The normalized spacial score (nSPS) is 20.8. The zero-order valence-corrected chi connectivity index (χ0v) is 10.2. The van der Waals surface area contributed by atoms with Crippen LogP contribution in [-0.2, 0) is 0 Å². The third-order valence-electron chi connectivity index (χ3n) is 1.73. The fourth-order valence-corrected chi connectivity index (χ4v) is 5.32. The minimum atomic E-state index is 0.610. The highest BCUT2D eigenvalue weighted by Gasteiger charge is 2.22. The lowest BCUT2D eigenvalue weighted by atomic mass is 10.2. The van der Waals surface area contributed by atoms with Crippen molar-refractivity contribution in [2.24, 2.45) is 5.18 Å².